The van der Waals surface area contributed by atoms with Crippen LogP contribution in [0.1, 0.15) is 68.9 Å². The van der Waals surface area contributed by atoms with Crippen molar-refractivity contribution in [2.45, 2.75) is 64.6 Å². The Kier molecular flexibility index (Phi) is 7.55. The Bertz CT molecular complexity index is 1120. The monoisotopic (exact) mass is 482 g/mol. The summed E-state index contributed by atoms with van der Waals surface area (Å²) >= 11 is 0. The normalized spacial score (nSPS) is 17.2. The molecule has 188 valence electrons. The van der Waals surface area contributed by atoms with Gasteiger partial charge >= 0.3 is 17.8 Å². The fourth-order valence-corrected chi connectivity index (χ4v) is 4.35. The first kappa shape index (κ1) is 26.2. The average Bonchev–Trinajstić information content (AvgIpc) is 2.82. The fraction of sp³-hybridized carbons (Fsp3) is 0.444. The van der Waals surface area contributed by atoms with Crippen molar-refractivity contribution >= 4 is 29.1 Å². The third-order valence-electron chi connectivity index (χ3n) is 6.64. The summed E-state index contributed by atoms with van der Waals surface area (Å²) < 4.78 is 10.7. The number of aromatic carboxylic acids is 1. The van der Waals surface area contributed by atoms with Crippen molar-refractivity contribution in [2.24, 2.45) is 5.16 Å². The molecule has 0 saturated carbocycles. The summed E-state index contributed by atoms with van der Waals surface area (Å²) in [6, 6.07) is 12.1. The molecule has 0 heterocycles. The first-order chi connectivity index (χ1) is 16.4. The Balaban J connectivity index is 2.18. The zero-order chi connectivity index (χ0) is 26.0. The Labute approximate surface area is 206 Å². The van der Waals surface area contributed by atoms with Crippen LogP contribution in [0.3, 0.4) is 0 Å². The number of carboxylic acids is 1. The van der Waals surface area contributed by atoms with E-state index in [0.717, 1.165) is 12.8 Å². The summed E-state index contributed by atoms with van der Waals surface area (Å²) in [5.74, 6) is -1.92. The number of benzene rings is 2. The molecule has 8 heteroatoms. The fourth-order valence-electron chi connectivity index (χ4n) is 4.35. The second kappa shape index (κ2) is 10.1. The van der Waals surface area contributed by atoms with E-state index in [4.69, 9.17) is 14.3 Å². The van der Waals surface area contributed by atoms with Crippen LogP contribution in [0.15, 0.2) is 47.6 Å². The number of carbonyl (C=O) groups excluding carboxylic acids is 1. The lowest BCUT2D eigenvalue weighted by molar-refractivity contribution is -0.116. The van der Waals surface area contributed by atoms with E-state index in [0.29, 0.717) is 11.4 Å². The van der Waals surface area contributed by atoms with E-state index in [1.54, 1.807) is 19.1 Å². The van der Waals surface area contributed by atoms with Gasteiger partial charge in [-0.15, -0.1) is 0 Å². The SMILES string of the molecule is CO/N=C(/OC(C)OC)C(=O)N(c1ccc(C(=O)O)cc1)c1ccc2c(c1)C(C)(C)CCC2(C)C. The zero-order valence-electron chi connectivity index (χ0n) is 21.4. The van der Waals surface area contributed by atoms with Crippen LogP contribution in [-0.2, 0) is 29.9 Å². The van der Waals surface area contributed by atoms with E-state index in [1.165, 1.54) is 42.4 Å². The Morgan fingerprint density at radius 1 is 0.943 bits per heavy atom. The summed E-state index contributed by atoms with van der Waals surface area (Å²) in [5.41, 5.74) is 3.55. The molecule has 0 aliphatic heterocycles. The first-order valence-electron chi connectivity index (χ1n) is 11.5. The van der Waals surface area contributed by atoms with Gasteiger partial charge in [-0.25, -0.2) is 4.79 Å². The van der Waals surface area contributed by atoms with Crippen molar-refractivity contribution in [3.05, 3.63) is 59.2 Å². The lowest BCUT2D eigenvalue weighted by Crippen LogP contribution is -2.37. The third-order valence-corrected chi connectivity index (χ3v) is 6.64. The van der Waals surface area contributed by atoms with Crippen molar-refractivity contribution < 1.29 is 29.0 Å². The number of methoxy groups -OCH3 is 1. The molecule has 0 radical (unpaired) electrons. The first-order valence-corrected chi connectivity index (χ1v) is 11.5. The molecule has 3 rings (SSSR count). The van der Waals surface area contributed by atoms with Crippen LogP contribution in [0, 0.1) is 0 Å². The zero-order valence-corrected chi connectivity index (χ0v) is 21.4. The van der Waals surface area contributed by atoms with E-state index < -0.39 is 18.2 Å². The summed E-state index contributed by atoms with van der Waals surface area (Å²) in [6.07, 6.45) is 1.34. The minimum absolute atomic E-state index is 0.0149. The molecule has 1 amide bonds. The van der Waals surface area contributed by atoms with Gasteiger partial charge in [0, 0.05) is 18.5 Å². The topological polar surface area (TPSA) is 97.7 Å². The van der Waals surface area contributed by atoms with E-state index in [1.807, 2.05) is 12.1 Å². The molecule has 2 aromatic carbocycles. The molecule has 0 fully saturated rings. The minimum atomic E-state index is -1.05. The number of amides is 1. The Morgan fingerprint density at radius 2 is 1.51 bits per heavy atom. The molecule has 0 spiro atoms. The molecule has 2 aromatic rings. The molecule has 0 saturated heterocycles. The molecule has 0 aromatic heterocycles. The molecular weight excluding hydrogens is 448 g/mol. The Morgan fingerprint density at radius 3 is 2.06 bits per heavy atom. The van der Waals surface area contributed by atoms with Gasteiger partial charge in [0.1, 0.15) is 7.11 Å². The second-order valence-electron chi connectivity index (χ2n) is 9.99. The predicted molar refractivity (Wildman–Crippen MR) is 134 cm³/mol. The van der Waals surface area contributed by atoms with E-state index in [-0.39, 0.29) is 22.3 Å². The van der Waals surface area contributed by atoms with Gasteiger partial charge in [0.2, 0.25) is 0 Å². The maximum Gasteiger partial charge on any atom is 0.335 e. The van der Waals surface area contributed by atoms with Gasteiger partial charge in [0.05, 0.1) is 5.56 Å². The van der Waals surface area contributed by atoms with E-state index >= 15 is 0 Å². The largest absolute Gasteiger partial charge is 0.478 e. The van der Waals surface area contributed by atoms with Gasteiger partial charge in [-0.1, -0.05) is 33.8 Å². The van der Waals surface area contributed by atoms with Crippen molar-refractivity contribution in [1.82, 2.24) is 0 Å². The van der Waals surface area contributed by atoms with Crippen LogP contribution in [0.4, 0.5) is 11.4 Å². The highest BCUT2D eigenvalue weighted by molar-refractivity contribution is 6.42. The van der Waals surface area contributed by atoms with E-state index in [9.17, 15) is 14.7 Å². The molecule has 0 bridgehead atoms. The molecule has 1 atom stereocenters. The average molecular weight is 483 g/mol. The van der Waals surface area contributed by atoms with Gasteiger partial charge < -0.3 is 19.4 Å². The number of oxime groups is 1. The number of nitrogens with zero attached hydrogens (tertiary/aromatic N) is 2. The molecule has 1 N–H and O–H groups in total. The van der Waals surface area contributed by atoms with Crippen LogP contribution in [0.5, 0.6) is 0 Å². The number of rotatable bonds is 6. The number of hydrogen-bond donors (Lipinski definition) is 1. The molecular formula is C27H34N2O6. The predicted octanol–water partition coefficient (Wildman–Crippen LogP) is 5.37. The molecule has 1 aliphatic carbocycles. The minimum Gasteiger partial charge on any atom is -0.478 e. The lowest BCUT2D eigenvalue weighted by Gasteiger charge is -2.42. The summed E-state index contributed by atoms with van der Waals surface area (Å²) in [6.45, 7) is 10.5. The maximum atomic E-state index is 13.8. The quantitative estimate of drug-likeness (QED) is 0.257. The number of fused-ring (bicyclic) bond motifs is 1. The number of anilines is 2. The summed E-state index contributed by atoms with van der Waals surface area (Å²) in [7, 11) is 2.78. The molecule has 8 nitrogen and oxygen atoms in total. The molecule has 1 unspecified atom stereocenters. The highest BCUT2D eigenvalue weighted by Crippen LogP contribution is 2.47. The van der Waals surface area contributed by atoms with Crippen molar-refractivity contribution in [3.8, 4) is 0 Å². The van der Waals surface area contributed by atoms with E-state index in [2.05, 4.69) is 38.9 Å². The maximum absolute atomic E-state index is 13.8. The highest BCUT2D eigenvalue weighted by Gasteiger charge is 2.38. The van der Waals surface area contributed by atoms with Gasteiger partial charge in [-0.3, -0.25) is 9.69 Å². The van der Waals surface area contributed by atoms with Crippen LogP contribution in [0.2, 0.25) is 0 Å². The Hall–Kier alpha value is -3.39. The smallest absolute Gasteiger partial charge is 0.335 e. The summed E-state index contributed by atoms with van der Waals surface area (Å²) in [4.78, 5) is 31.5. The van der Waals surface area contributed by atoms with Gasteiger partial charge in [0.25, 0.3) is 0 Å². The highest BCUT2D eigenvalue weighted by atomic mass is 16.7. The van der Waals surface area contributed by atoms with Crippen LogP contribution < -0.4 is 4.90 Å². The molecule has 1 aliphatic rings. The van der Waals surface area contributed by atoms with Gasteiger partial charge in [0.15, 0.2) is 6.29 Å². The van der Waals surface area contributed by atoms with Crippen molar-refractivity contribution in [3.63, 3.8) is 0 Å². The number of carboxylic acid groups (broad SMARTS) is 1. The number of hydrogen-bond acceptors (Lipinski definition) is 6. The van der Waals surface area contributed by atoms with Gasteiger partial charge in [-0.2, -0.15) is 0 Å². The van der Waals surface area contributed by atoms with Crippen molar-refractivity contribution in [2.75, 3.05) is 19.1 Å². The third kappa shape index (κ3) is 5.48. The van der Waals surface area contributed by atoms with Gasteiger partial charge in [-0.05, 0) is 83.3 Å². The van der Waals surface area contributed by atoms with Crippen LogP contribution in [0.25, 0.3) is 0 Å². The molecule has 35 heavy (non-hydrogen) atoms. The number of carbonyl (C=O) groups is 2. The van der Waals surface area contributed by atoms with Crippen molar-refractivity contribution in [1.29, 1.82) is 0 Å². The standard InChI is InChI=1S/C27H34N2O6/c1-17(33-6)35-23(28-34-7)24(30)29(19-10-8-18(9-11-19)25(31)32)20-12-13-21-22(16-20)27(4,5)15-14-26(21,2)3/h8-13,16-17H,14-15H2,1-7H3,(H,31,32)/b28-23+. The number of ether oxygens (including phenoxy) is 2. The second-order valence-corrected chi connectivity index (χ2v) is 9.99. The van der Waals surface area contributed by atoms with Crippen LogP contribution >= 0.6 is 0 Å². The van der Waals surface area contributed by atoms with Crippen LogP contribution in [-0.4, -0.2) is 43.4 Å². The lowest BCUT2D eigenvalue weighted by atomic mass is 9.63. The summed E-state index contributed by atoms with van der Waals surface area (Å²) in [5, 5.41) is 13.1.